The molecule has 3 rings (SSSR count). The summed E-state index contributed by atoms with van der Waals surface area (Å²) in [6.07, 6.45) is 8.48. The van der Waals surface area contributed by atoms with Crippen LogP contribution >= 0.6 is 0 Å². The normalized spacial score (nSPS) is 23.3. The van der Waals surface area contributed by atoms with E-state index in [1.54, 1.807) is 6.20 Å². The van der Waals surface area contributed by atoms with Crippen LogP contribution in [0.25, 0.3) is 0 Å². The minimum atomic E-state index is 0.282. The quantitative estimate of drug-likeness (QED) is 0.794. The molecule has 2 heterocycles. The summed E-state index contributed by atoms with van der Waals surface area (Å²) in [5.74, 6) is 0.282. The van der Waals surface area contributed by atoms with Crippen LogP contribution in [0.15, 0.2) is 18.5 Å². The van der Waals surface area contributed by atoms with E-state index >= 15 is 0 Å². The van der Waals surface area contributed by atoms with Gasteiger partial charge in [-0.1, -0.05) is 0 Å². The molecule has 1 saturated carbocycles. The average molecular weight is 262 g/mol. The molecule has 0 spiro atoms. The van der Waals surface area contributed by atoms with E-state index < -0.39 is 0 Å². The lowest BCUT2D eigenvalue weighted by atomic mass is 10.2. The monoisotopic (exact) mass is 262 g/mol. The maximum absolute atomic E-state index is 12.4. The zero-order chi connectivity index (χ0) is 13.2. The van der Waals surface area contributed by atoms with Gasteiger partial charge in [-0.2, -0.15) is 5.10 Å². The second-order valence-electron chi connectivity index (χ2n) is 5.76. The fraction of sp³-hybridized carbons (Fsp3) is 0.714. The molecule has 104 valence electrons. The van der Waals surface area contributed by atoms with E-state index in [1.165, 1.54) is 12.8 Å². The number of aromatic nitrogens is 2. The van der Waals surface area contributed by atoms with Crippen LogP contribution in [0.1, 0.15) is 25.7 Å². The predicted octanol–water partition coefficient (Wildman–Crippen LogP) is 0.968. The molecule has 1 aromatic heterocycles. The maximum Gasteiger partial charge on any atom is 0.237 e. The van der Waals surface area contributed by atoms with E-state index in [4.69, 9.17) is 0 Å². The Hall–Kier alpha value is -1.36. The Balaban J connectivity index is 1.57. The molecule has 0 bridgehead atoms. The van der Waals surface area contributed by atoms with Crippen molar-refractivity contribution in [3.05, 3.63) is 18.5 Å². The van der Waals surface area contributed by atoms with Crippen molar-refractivity contribution in [2.45, 2.75) is 44.3 Å². The fourth-order valence-corrected chi connectivity index (χ4v) is 2.93. The third-order valence-electron chi connectivity index (χ3n) is 4.21. The largest absolute Gasteiger partial charge is 0.337 e. The van der Waals surface area contributed by atoms with Crippen LogP contribution < -0.4 is 0 Å². The van der Waals surface area contributed by atoms with Crippen molar-refractivity contribution in [1.82, 2.24) is 19.6 Å². The van der Waals surface area contributed by atoms with E-state index in [0.717, 1.165) is 25.9 Å². The van der Waals surface area contributed by atoms with Crippen molar-refractivity contribution in [2.24, 2.45) is 0 Å². The average Bonchev–Trinajstić information content (AvgIpc) is 2.93. The highest BCUT2D eigenvalue weighted by molar-refractivity contribution is 5.79. The summed E-state index contributed by atoms with van der Waals surface area (Å²) in [4.78, 5) is 16.6. The lowest BCUT2D eigenvalue weighted by molar-refractivity contribution is -0.133. The molecule has 1 amide bonds. The van der Waals surface area contributed by atoms with Gasteiger partial charge in [0.1, 0.15) is 0 Å². The highest BCUT2D eigenvalue weighted by Gasteiger charge is 2.32. The summed E-state index contributed by atoms with van der Waals surface area (Å²) in [5, 5.41) is 4.24. The molecular weight excluding hydrogens is 240 g/mol. The molecule has 1 aliphatic heterocycles. The van der Waals surface area contributed by atoms with E-state index in [-0.39, 0.29) is 5.91 Å². The molecule has 0 aromatic carbocycles. The van der Waals surface area contributed by atoms with Gasteiger partial charge in [-0.25, -0.2) is 0 Å². The van der Waals surface area contributed by atoms with Crippen LogP contribution in [-0.2, 0) is 11.3 Å². The van der Waals surface area contributed by atoms with Crippen molar-refractivity contribution in [2.75, 3.05) is 20.1 Å². The minimum absolute atomic E-state index is 0.282. The van der Waals surface area contributed by atoms with Crippen molar-refractivity contribution >= 4 is 5.91 Å². The molecule has 0 N–H and O–H groups in total. The fourth-order valence-electron chi connectivity index (χ4n) is 2.93. The zero-order valence-electron chi connectivity index (χ0n) is 11.5. The van der Waals surface area contributed by atoms with E-state index in [2.05, 4.69) is 21.9 Å². The summed E-state index contributed by atoms with van der Waals surface area (Å²) in [6.45, 7) is 2.30. The van der Waals surface area contributed by atoms with E-state index in [1.807, 2.05) is 16.9 Å². The number of nitrogens with zero attached hydrogens (tertiary/aromatic N) is 4. The van der Waals surface area contributed by atoms with Gasteiger partial charge in [0.2, 0.25) is 5.91 Å². The van der Waals surface area contributed by atoms with Gasteiger partial charge in [-0.05, 0) is 38.8 Å². The van der Waals surface area contributed by atoms with Crippen LogP contribution in [-0.4, -0.2) is 57.7 Å². The Morgan fingerprint density at radius 3 is 2.95 bits per heavy atom. The zero-order valence-corrected chi connectivity index (χ0v) is 11.5. The number of likely N-dealkylation sites (tertiary alicyclic amines) is 1. The number of carbonyl (C=O) groups is 1. The third-order valence-corrected chi connectivity index (χ3v) is 4.21. The molecule has 5 heteroatoms. The first kappa shape index (κ1) is 12.7. The molecule has 0 unspecified atom stereocenters. The third kappa shape index (κ3) is 2.97. The summed E-state index contributed by atoms with van der Waals surface area (Å²) in [5.41, 5.74) is 0. The molecule has 0 radical (unpaired) electrons. The molecule has 2 fully saturated rings. The maximum atomic E-state index is 12.4. The first-order valence-electron chi connectivity index (χ1n) is 7.21. The first-order valence-corrected chi connectivity index (χ1v) is 7.21. The Labute approximate surface area is 114 Å². The standard InChI is InChI=1S/C14H22N4O/c1-16(12-5-6-12)11-14(19)18-9-2-4-13(18)10-17-8-3-7-15-17/h3,7-8,12-13H,2,4-6,9-11H2,1H3/t13-/m1/s1. The highest BCUT2D eigenvalue weighted by atomic mass is 16.2. The predicted molar refractivity (Wildman–Crippen MR) is 72.6 cm³/mol. The van der Waals surface area contributed by atoms with Gasteiger partial charge in [-0.15, -0.1) is 0 Å². The highest BCUT2D eigenvalue weighted by Crippen LogP contribution is 2.26. The van der Waals surface area contributed by atoms with Crippen LogP contribution in [0.5, 0.6) is 0 Å². The Morgan fingerprint density at radius 1 is 1.42 bits per heavy atom. The molecule has 19 heavy (non-hydrogen) atoms. The molecule has 1 saturated heterocycles. The van der Waals surface area contributed by atoms with Crippen molar-refractivity contribution in [3.8, 4) is 0 Å². The number of likely N-dealkylation sites (N-methyl/N-ethyl adjacent to an activating group) is 1. The van der Waals surface area contributed by atoms with Gasteiger partial charge in [0.25, 0.3) is 0 Å². The second-order valence-corrected chi connectivity index (χ2v) is 5.76. The van der Waals surface area contributed by atoms with E-state index in [0.29, 0.717) is 18.6 Å². The number of hydrogen-bond donors (Lipinski definition) is 0. The Bertz CT molecular complexity index is 427. The van der Waals surface area contributed by atoms with Crippen LogP contribution in [0, 0.1) is 0 Å². The minimum Gasteiger partial charge on any atom is -0.337 e. The Morgan fingerprint density at radius 2 is 2.26 bits per heavy atom. The van der Waals surface area contributed by atoms with Gasteiger partial charge in [0.05, 0.1) is 19.1 Å². The number of carbonyl (C=O) groups excluding carboxylic acids is 1. The topological polar surface area (TPSA) is 41.4 Å². The number of rotatable bonds is 5. The summed E-state index contributed by atoms with van der Waals surface area (Å²) >= 11 is 0. The summed E-state index contributed by atoms with van der Waals surface area (Å²) < 4.78 is 1.93. The van der Waals surface area contributed by atoms with Gasteiger partial charge in [0, 0.05) is 25.0 Å². The summed E-state index contributed by atoms with van der Waals surface area (Å²) in [6, 6.07) is 2.90. The molecule has 2 aliphatic rings. The molecule has 1 aliphatic carbocycles. The molecule has 1 aromatic rings. The summed E-state index contributed by atoms with van der Waals surface area (Å²) in [7, 11) is 2.06. The first-order chi connectivity index (χ1) is 9.24. The van der Waals surface area contributed by atoms with Gasteiger partial charge in [-0.3, -0.25) is 14.4 Å². The van der Waals surface area contributed by atoms with E-state index in [9.17, 15) is 4.79 Å². The van der Waals surface area contributed by atoms with Gasteiger partial charge >= 0.3 is 0 Å². The van der Waals surface area contributed by atoms with Gasteiger partial charge in [0.15, 0.2) is 0 Å². The van der Waals surface area contributed by atoms with Crippen molar-refractivity contribution in [1.29, 1.82) is 0 Å². The lowest BCUT2D eigenvalue weighted by Gasteiger charge is -2.27. The number of amides is 1. The van der Waals surface area contributed by atoms with Crippen molar-refractivity contribution in [3.63, 3.8) is 0 Å². The lowest BCUT2D eigenvalue weighted by Crippen LogP contribution is -2.43. The van der Waals surface area contributed by atoms with Gasteiger partial charge < -0.3 is 4.90 Å². The smallest absolute Gasteiger partial charge is 0.237 e. The van der Waals surface area contributed by atoms with Crippen LogP contribution in [0.2, 0.25) is 0 Å². The SMILES string of the molecule is CN(CC(=O)N1CCC[C@@H]1Cn1cccn1)C1CC1. The number of hydrogen-bond acceptors (Lipinski definition) is 3. The van der Waals surface area contributed by atoms with Crippen LogP contribution in [0.3, 0.4) is 0 Å². The second kappa shape index (κ2) is 5.33. The molecule has 5 nitrogen and oxygen atoms in total. The molecular formula is C14H22N4O. The Kier molecular flexibility index (Phi) is 3.55. The molecule has 1 atom stereocenters. The van der Waals surface area contributed by atoms with Crippen LogP contribution in [0.4, 0.5) is 0 Å². The van der Waals surface area contributed by atoms with Crippen molar-refractivity contribution < 1.29 is 4.79 Å².